The van der Waals surface area contributed by atoms with Gasteiger partial charge in [0.1, 0.15) is 0 Å². The molecule has 0 aliphatic heterocycles. The van der Waals surface area contributed by atoms with Gasteiger partial charge in [-0.15, -0.1) is 5.10 Å². The zero-order valence-corrected chi connectivity index (χ0v) is 14.3. The Morgan fingerprint density at radius 3 is 3.00 bits per heavy atom. The first-order valence-electron chi connectivity index (χ1n) is 8.56. The Bertz CT molecular complexity index is 1230. The maximum Gasteiger partial charge on any atom is 0.221 e. The van der Waals surface area contributed by atoms with Gasteiger partial charge in [-0.3, -0.25) is 4.68 Å². The summed E-state index contributed by atoms with van der Waals surface area (Å²) >= 11 is 0. The molecule has 5 rings (SSSR count). The van der Waals surface area contributed by atoms with Crippen molar-refractivity contribution in [3.8, 4) is 11.3 Å². The Hall–Kier alpha value is -3.59. The Labute approximate surface area is 153 Å². The highest BCUT2D eigenvalue weighted by atomic mass is 16.3. The Morgan fingerprint density at radius 1 is 1.11 bits per heavy atom. The van der Waals surface area contributed by atoms with Gasteiger partial charge in [-0.2, -0.15) is 5.10 Å². The van der Waals surface area contributed by atoms with Crippen LogP contribution in [0.15, 0.2) is 55.2 Å². The van der Waals surface area contributed by atoms with Crippen molar-refractivity contribution < 1.29 is 5.11 Å². The van der Waals surface area contributed by atoms with E-state index in [0.29, 0.717) is 30.1 Å². The first kappa shape index (κ1) is 15.6. The number of pyridine rings is 1. The van der Waals surface area contributed by atoms with E-state index in [2.05, 4.69) is 48.0 Å². The Balaban J connectivity index is 1.50. The third kappa shape index (κ3) is 2.83. The number of nitrogens with zero attached hydrogens (tertiary/aromatic N) is 8. The van der Waals surface area contributed by atoms with E-state index < -0.39 is 0 Å². The van der Waals surface area contributed by atoms with Crippen LogP contribution in [0.3, 0.4) is 0 Å². The molecule has 0 atom stereocenters. The molecule has 0 amide bonds. The van der Waals surface area contributed by atoms with Crippen LogP contribution in [0, 0.1) is 0 Å². The number of hydrogen-bond donors (Lipinski definition) is 1. The topological polar surface area (TPSA) is 98.9 Å². The van der Waals surface area contributed by atoms with Crippen molar-refractivity contribution >= 4 is 16.8 Å². The van der Waals surface area contributed by atoms with Crippen molar-refractivity contribution in [1.29, 1.82) is 0 Å². The molecule has 0 radical (unpaired) electrons. The third-order valence-electron chi connectivity index (χ3n) is 4.41. The number of aliphatic hydroxyl groups is 1. The molecule has 5 heterocycles. The molecule has 5 aromatic rings. The maximum atomic E-state index is 9.03. The minimum absolute atomic E-state index is 0.0362. The molecule has 0 saturated heterocycles. The van der Waals surface area contributed by atoms with Gasteiger partial charge in [0.15, 0.2) is 5.65 Å². The predicted octanol–water partition coefficient (Wildman–Crippen LogP) is 1.38. The zero-order chi connectivity index (χ0) is 18.2. The summed E-state index contributed by atoms with van der Waals surface area (Å²) < 4.78 is 5.48. The third-order valence-corrected chi connectivity index (χ3v) is 4.41. The molecule has 0 aliphatic rings. The predicted molar refractivity (Wildman–Crippen MR) is 97.9 cm³/mol. The molecule has 0 spiro atoms. The van der Waals surface area contributed by atoms with Gasteiger partial charge in [0.05, 0.1) is 37.8 Å². The van der Waals surface area contributed by atoms with Crippen LogP contribution in [-0.2, 0) is 13.1 Å². The molecule has 9 heteroatoms. The van der Waals surface area contributed by atoms with Crippen molar-refractivity contribution in [3.05, 3.63) is 60.8 Å². The van der Waals surface area contributed by atoms with Crippen molar-refractivity contribution in [3.63, 3.8) is 0 Å². The van der Waals surface area contributed by atoms with Gasteiger partial charge in [-0.1, -0.05) is 5.21 Å². The maximum absolute atomic E-state index is 9.03. The summed E-state index contributed by atoms with van der Waals surface area (Å²) in [6.45, 7) is 1.03. The molecule has 27 heavy (non-hydrogen) atoms. The summed E-state index contributed by atoms with van der Waals surface area (Å²) in [4.78, 5) is 9.05. The molecule has 0 aliphatic carbocycles. The van der Waals surface area contributed by atoms with E-state index in [-0.39, 0.29) is 6.61 Å². The second kappa shape index (κ2) is 6.29. The van der Waals surface area contributed by atoms with Crippen molar-refractivity contribution in [2.24, 2.45) is 0 Å². The first-order valence-corrected chi connectivity index (χ1v) is 8.56. The molecule has 5 aromatic heterocycles. The second-order valence-corrected chi connectivity index (χ2v) is 6.24. The molecular weight excluding hydrogens is 344 g/mol. The van der Waals surface area contributed by atoms with Gasteiger partial charge >= 0.3 is 0 Å². The van der Waals surface area contributed by atoms with Crippen LogP contribution in [0.5, 0.6) is 0 Å². The quantitative estimate of drug-likeness (QED) is 0.508. The van der Waals surface area contributed by atoms with Crippen LogP contribution < -0.4 is 0 Å². The van der Waals surface area contributed by atoms with Crippen LogP contribution in [0.1, 0.15) is 5.56 Å². The molecular formula is C18H16N8O. The monoisotopic (exact) mass is 360 g/mol. The number of hydrogen-bond acceptors (Lipinski definition) is 6. The number of aromatic nitrogens is 8. The second-order valence-electron chi connectivity index (χ2n) is 6.24. The number of rotatable bonds is 5. The lowest BCUT2D eigenvalue weighted by molar-refractivity contribution is 0.269. The summed E-state index contributed by atoms with van der Waals surface area (Å²) in [6, 6.07) is 8.24. The van der Waals surface area contributed by atoms with Crippen LogP contribution in [0.2, 0.25) is 0 Å². The van der Waals surface area contributed by atoms with Crippen molar-refractivity contribution in [1.82, 2.24) is 39.1 Å². The lowest BCUT2D eigenvalue weighted by Crippen LogP contribution is -2.04. The lowest BCUT2D eigenvalue weighted by atomic mass is 10.2. The van der Waals surface area contributed by atoms with Crippen LogP contribution >= 0.6 is 0 Å². The van der Waals surface area contributed by atoms with Crippen molar-refractivity contribution in [2.75, 3.05) is 6.61 Å². The van der Waals surface area contributed by atoms with Gasteiger partial charge < -0.3 is 9.51 Å². The average Bonchev–Trinajstić information content (AvgIpc) is 3.41. The molecule has 1 N–H and O–H groups in total. The van der Waals surface area contributed by atoms with Crippen LogP contribution in [-0.4, -0.2) is 50.9 Å². The van der Waals surface area contributed by atoms with Gasteiger partial charge in [0.2, 0.25) is 5.65 Å². The fourth-order valence-corrected chi connectivity index (χ4v) is 3.07. The molecule has 0 fully saturated rings. The zero-order valence-electron chi connectivity index (χ0n) is 14.3. The van der Waals surface area contributed by atoms with E-state index in [4.69, 9.17) is 5.11 Å². The van der Waals surface area contributed by atoms with Crippen molar-refractivity contribution in [2.45, 2.75) is 13.1 Å². The summed E-state index contributed by atoms with van der Waals surface area (Å²) in [5.41, 5.74) is 4.89. The molecule has 0 bridgehead atoms. The number of fused-ring (bicyclic) bond motifs is 2. The Kier molecular flexibility index (Phi) is 3.65. The summed E-state index contributed by atoms with van der Waals surface area (Å²) in [7, 11) is 0. The first-order chi connectivity index (χ1) is 13.3. The van der Waals surface area contributed by atoms with E-state index in [0.717, 1.165) is 16.6 Å². The van der Waals surface area contributed by atoms with Gasteiger partial charge in [-0.05, 0) is 29.8 Å². The highest BCUT2D eigenvalue weighted by Crippen LogP contribution is 2.18. The van der Waals surface area contributed by atoms with Gasteiger partial charge in [-0.25, -0.2) is 14.6 Å². The fraction of sp³-hybridized carbons (Fsp3) is 0.167. The number of aliphatic hydroxyl groups excluding tert-OH is 1. The normalized spacial score (nSPS) is 11.6. The van der Waals surface area contributed by atoms with Crippen LogP contribution in [0.4, 0.5) is 0 Å². The molecule has 134 valence electrons. The summed E-state index contributed by atoms with van der Waals surface area (Å²) in [5, 5.41) is 21.6. The molecule has 9 nitrogen and oxygen atoms in total. The van der Waals surface area contributed by atoms with Gasteiger partial charge in [0, 0.05) is 29.7 Å². The van der Waals surface area contributed by atoms with E-state index in [1.807, 2.05) is 24.7 Å². The fourth-order valence-electron chi connectivity index (χ4n) is 3.07. The largest absolute Gasteiger partial charge is 0.394 e. The van der Waals surface area contributed by atoms with Gasteiger partial charge in [0.25, 0.3) is 0 Å². The van der Waals surface area contributed by atoms with E-state index in [1.54, 1.807) is 21.8 Å². The molecule has 0 aromatic carbocycles. The standard InChI is InChI=1S/C18H16N8O/c27-7-6-25-12-14(9-20-25)16-10-19-17-18(21-16)26(23-22-17)11-13-3-5-24-4-1-2-15(24)8-13/h1-5,8-10,12,27H,6-7,11H2. The SMILES string of the molecule is OCCn1cc(-c2cnc3nnn(Cc4ccn5cccc5c4)c3n2)cn1. The molecule has 0 unspecified atom stereocenters. The average molecular weight is 360 g/mol. The summed E-state index contributed by atoms with van der Waals surface area (Å²) in [5.74, 6) is 0. The Morgan fingerprint density at radius 2 is 2.07 bits per heavy atom. The highest BCUT2D eigenvalue weighted by Gasteiger charge is 2.12. The van der Waals surface area contributed by atoms with E-state index in [9.17, 15) is 0 Å². The smallest absolute Gasteiger partial charge is 0.221 e. The minimum Gasteiger partial charge on any atom is -0.394 e. The summed E-state index contributed by atoms with van der Waals surface area (Å²) in [6.07, 6.45) is 9.24. The minimum atomic E-state index is 0.0362. The van der Waals surface area contributed by atoms with Crippen LogP contribution in [0.25, 0.3) is 28.1 Å². The van der Waals surface area contributed by atoms with E-state index >= 15 is 0 Å². The highest BCUT2D eigenvalue weighted by molar-refractivity contribution is 5.69. The van der Waals surface area contributed by atoms with E-state index in [1.165, 1.54) is 0 Å². The molecule has 0 saturated carbocycles. The lowest BCUT2D eigenvalue weighted by Gasteiger charge is -2.04.